The van der Waals surface area contributed by atoms with Crippen molar-refractivity contribution in [1.82, 2.24) is 5.32 Å². The minimum atomic E-state index is -3.77. The lowest BCUT2D eigenvalue weighted by Gasteiger charge is -2.19. The zero-order chi connectivity index (χ0) is 22.3. The molecule has 0 radical (unpaired) electrons. The highest BCUT2D eigenvalue weighted by molar-refractivity contribution is 7.92. The van der Waals surface area contributed by atoms with Crippen LogP contribution in [-0.2, 0) is 16.4 Å². The summed E-state index contributed by atoms with van der Waals surface area (Å²) in [6, 6.07) is 22.7. The summed E-state index contributed by atoms with van der Waals surface area (Å²) in [5.41, 5.74) is 1.99. The summed E-state index contributed by atoms with van der Waals surface area (Å²) in [5.74, 6) is 0.505. The summed E-state index contributed by atoms with van der Waals surface area (Å²) in [5, 5.41) is 2.86. The van der Waals surface area contributed by atoms with Crippen molar-refractivity contribution in [3.8, 4) is 5.75 Å². The van der Waals surface area contributed by atoms with Crippen LogP contribution >= 0.6 is 0 Å². The first-order valence-corrected chi connectivity index (χ1v) is 11.4. The number of ether oxygens (including phenoxy) is 1. The number of hydrogen-bond donors (Lipinski definition) is 1. The third-order valence-electron chi connectivity index (χ3n) is 4.94. The molecule has 7 heteroatoms. The highest BCUT2D eigenvalue weighted by Gasteiger charge is 2.22. The van der Waals surface area contributed by atoms with Crippen molar-refractivity contribution in [2.75, 3.05) is 25.0 Å². The Kier molecular flexibility index (Phi) is 7.31. The first-order valence-electron chi connectivity index (χ1n) is 9.97. The summed E-state index contributed by atoms with van der Waals surface area (Å²) >= 11 is 0. The predicted molar refractivity (Wildman–Crippen MR) is 122 cm³/mol. The van der Waals surface area contributed by atoms with Crippen LogP contribution < -0.4 is 14.4 Å². The molecule has 0 fully saturated rings. The van der Waals surface area contributed by atoms with Crippen LogP contribution in [-0.4, -0.2) is 35.0 Å². The maximum atomic E-state index is 13.0. The lowest BCUT2D eigenvalue weighted by Crippen LogP contribution is -2.28. The minimum absolute atomic E-state index is 0.0721. The van der Waals surface area contributed by atoms with Crippen molar-refractivity contribution in [2.24, 2.45) is 0 Å². The van der Waals surface area contributed by atoms with Crippen molar-refractivity contribution in [3.63, 3.8) is 0 Å². The number of amides is 1. The molecule has 3 rings (SSSR count). The van der Waals surface area contributed by atoms with Crippen LogP contribution in [0.1, 0.15) is 22.3 Å². The van der Waals surface area contributed by atoms with Crippen LogP contribution in [0, 0.1) is 0 Å². The maximum absolute atomic E-state index is 13.0. The van der Waals surface area contributed by atoms with Crippen LogP contribution in [0.3, 0.4) is 0 Å². The van der Waals surface area contributed by atoms with Gasteiger partial charge in [0.2, 0.25) is 0 Å². The van der Waals surface area contributed by atoms with Gasteiger partial charge in [0.1, 0.15) is 5.75 Å². The Bertz CT molecular complexity index is 1130. The number of hydrogen-bond acceptors (Lipinski definition) is 4. The number of carbonyl (C=O) groups excluding carboxylic acids is 1. The molecule has 162 valence electrons. The van der Waals surface area contributed by atoms with Gasteiger partial charge in [-0.2, -0.15) is 0 Å². The van der Waals surface area contributed by atoms with Gasteiger partial charge in [-0.3, -0.25) is 9.10 Å². The zero-order valence-electron chi connectivity index (χ0n) is 17.6. The Morgan fingerprint density at radius 3 is 2.45 bits per heavy atom. The number of benzene rings is 3. The minimum Gasteiger partial charge on any atom is -0.497 e. The average Bonchev–Trinajstić information content (AvgIpc) is 2.82. The normalized spacial score (nSPS) is 11.0. The highest BCUT2D eigenvalue weighted by atomic mass is 32.2. The van der Waals surface area contributed by atoms with E-state index in [9.17, 15) is 13.2 Å². The smallest absolute Gasteiger partial charge is 0.264 e. The molecule has 0 heterocycles. The van der Waals surface area contributed by atoms with E-state index < -0.39 is 10.0 Å². The lowest BCUT2D eigenvalue weighted by atomic mass is 10.1. The second-order valence-corrected chi connectivity index (χ2v) is 9.02. The number of nitrogens with one attached hydrogen (secondary N) is 1. The topological polar surface area (TPSA) is 75.7 Å². The third kappa shape index (κ3) is 5.64. The Morgan fingerprint density at radius 2 is 1.71 bits per heavy atom. The number of anilines is 1. The molecule has 0 aromatic heterocycles. The molecule has 0 aliphatic rings. The molecule has 0 aliphatic carbocycles. The molecule has 1 amide bonds. The first kappa shape index (κ1) is 22.4. The molecule has 31 heavy (non-hydrogen) atoms. The molecule has 1 N–H and O–H groups in total. The van der Waals surface area contributed by atoms with Gasteiger partial charge in [0.15, 0.2) is 0 Å². The lowest BCUT2D eigenvalue weighted by molar-refractivity contribution is 0.0953. The monoisotopic (exact) mass is 438 g/mol. The fourth-order valence-electron chi connectivity index (χ4n) is 3.16. The molecule has 3 aromatic rings. The average molecular weight is 439 g/mol. The number of aryl methyl sites for hydroxylation is 1. The van der Waals surface area contributed by atoms with Crippen LogP contribution in [0.15, 0.2) is 83.8 Å². The quantitative estimate of drug-likeness (QED) is 0.515. The molecule has 0 bridgehead atoms. The largest absolute Gasteiger partial charge is 0.497 e. The van der Waals surface area contributed by atoms with Crippen molar-refractivity contribution in [1.29, 1.82) is 0 Å². The molecular weight excluding hydrogens is 412 g/mol. The Labute approximate surface area is 183 Å². The number of para-hydroxylation sites is 1. The van der Waals surface area contributed by atoms with Crippen molar-refractivity contribution in [2.45, 2.75) is 17.7 Å². The van der Waals surface area contributed by atoms with E-state index in [1.165, 1.54) is 23.5 Å². The number of methoxy groups -OCH3 is 1. The molecular formula is C24H26N2O4S. The molecule has 0 unspecified atom stereocenters. The third-order valence-corrected chi connectivity index (χ3v) is 6.72. The van der Waals surface area contributed by atoms with Gasteiger partial charge in [-0.25, -0.2) is 8.42 Å². The van der Waals surface area contributed by atoms with Crippen LogP contribution in [0.2, 0.25) is 0 Å². The number of sulfonamides is 1. The molecule has 0 spiro atoms. The summed E-state index contributed by atoms with van der Waals surface area (Å²) in [6.07, 6.45) is 1.56. The second-order valence-electron chi connectivity index (χ2n) is 7.05. The molecule has 0 saturated heterocycles. The standard InChI is InChI=1S/C24H26N2O4S/c1-26(21-12-4-3-5-13-21)31(28,29)23-15-7-11-20(18-23)24(27)25-16-8-10-19-9-6-14-22(17-19)30-2/h3-7,9,11-15,17-18H,8,10,16H2,1-2H3,(H,25,27). The van der Waals surface area contributed by atoms with Gasteiger partial charge in [0, 0.05) is 19.2 Å². The summed E-state index contributed by atoms with van der Waals surface area (Å²) < 4.78 is 32.3. The summed E-state index contributed by atoms with van der Waals surface area (Å²) in [7, 11) is -0.648. The number of nitrogens with zero attached hydrogens (tertiary/aromatic N) is 1. The van der Waals surface area contributed by atoms with E-state index in [4.69, 9.17) is 4.74 Å². The van der Waals surface area contributed by atoms with Crippen LogP contribution in [0.25, 0.3) is 0 Å². The zero-order valence-corrected chi connectivity index (χ0v) is 18.4. The van der Waals surface area contributed by atoms with E-state index in [2.05, 4.69) is 5.32 Å². The second kappa shape index (κ2) is 10.1. The van der Waals surface area contributed by atoms with E-state index in [0.29, 0.717) is 17.8 Å². The predicted octanol–water partition coefficient (Wildman–Crippen LogP) is 3.88. The van der Waals surface area contributed by atoms with E-state index in [-0.39, 0.29) is 10.8 Å². The van der Waals surface area contributed by atoms with Gasteiger partial charge in [-0.05, 0) is 60.9 Å². The van der Waals surface area contributed by atoms with Crippen molar-refractivity contribution >= 4 is 21.6 Å². The van der Waals surface area contributed by atoms with Gasteiger partial charge < -0.3 is 10.1 Å². The van der Waals surface area contributed by atoms with Crippen molar-refractivity contribution in [3.05, 3.63) is 90.0 Å². The SMILES string of the molecule is COc1cccc(CCCNC(=O)c2cccc(S(=O)(=O)N(C)c3ccccc3)c2)c1. The molecule has 0 saturated carbocycles. The Hall–Kier alpha value is -3.32. The van der Waals surface area contributed by atoms with Gasteiger partial charge in [-0.1, -0.05) is 36.4 Å². The number of rotatable bonds is 9. The fraction of sp³-hybridized carbons (Fsp3) is 0.208. The van der Waals surface area contributed by atoms with Crippen molar-refractivity contribution < 1.29 is 17.9 Å². The fourth-order valence-corrected chi connectivity index (χ4v) is 4.40. The van der Waals surface area contributed by atoms with Crippen LogP contribution in [0.4, 0.5) is 5.69 Å². The summed E-state index contributed by atoms with van der Waals surface area (Å²) in [4.78, 5) is 12.6. The van der Waals surface area contributed by atoms with Gasteiger partial charge in [0.25, 0.3) is 15.9 Å². The van der Waals surface area contributed by atoms with Crippen LogP contribution in [0.5, 0.6) is 5.75 Å². The number of carbonyl (C=O) groups is 1. The molecule has 3 aromatic carbocycles. The molecule has 6 nitrogen and oxygen atoms in total. The summed E-state index contributed by atoms with van der Waals surface area (Å²) in [6.45, 7) is 0.483. The first-order chi connectivity index (χ1) is 14.9. The van der Waals surface area contributed by atoms with E-state index in [1.807, 2.05) is 30.3 Å². The molecule has 0 atom stereocenters. The van der Waals surface area contributed by atoms with Gasteiger partial charge in [-0.15, -0.1) is 0 Å². The van der Waals surface area contributed by atoms with E-state index in [1.54, 1.807) is 43.5 Å². The Balaban J connectivity index is 1.62. The molecule has 0 aliphatic heterocycles. The highest BCUT2D eigenvalue weighted by Crippen LogP contribution is 2.22. The van der Waals surface area contributed by atoms with E-state index >= 15 is 0 Å². The van der Waals surface area contributed by atoms with Gasteiger partial charge >= 0.3 is 0 Å². The maximum Gasteiger partial charge on any atom is 0.264 e. The van der Waals surface area contributed by atoms with Gasteiger partial charge in [0.05, 0.1) is 17.7 Å². The Morgan fingerprint density at radius 1 is 0.968 bits per heavy atom. The van der Waals surface area contributed by atoms with E-state index in [0.717, 1.165) is 24.2 Å².